The molecule has 1 atom stereocenters. The first-order chi connectivity index (χ1) is 8.58. The van der Waals surface area contributed by atoms with Crippen LogP contribution in [-0.4, -0.2) is 37.2 Å². The third-order valence-electron chi connectivity index (χ3n) is 2.69. The van der Waals surface area contributed by atoms with Gasteiger partial charge in [0.1, 0.15) is 0 Å². The van der Waals surface area contributed by atoms with Gasteiger partial charge in [0, 0.05) is 12.8 Å². The lowest BCUT2D eigenvalue weighted by atomic mass is 10.1. The molecule has 0 saturated heterocycles. The molecule has 0 fully saturated rings. The van der Waals surface area contributed by atoms with Gasteiger partial charge in [0.05, 0.1) is 23.9 Å². The molecule has 0 aromatic carbocycles. The molecule has 1 heterocycles. The molecule has 0 aliphatic heterocycles. The Hall–Kier alpha value is -1.46. The quantitative estimate of drug-likeness (QED) is 0.783. The van der Waals surface area contributed by atoms with E-state index >= 15 is 0 Å². The van der Waals surface area contributed by atoms with Crippen molar-refractivity contribution >= 4 is 5.91 Å². The monoisotopic (exact) mass is 251 g/mol. The molecule has 18 heavy (non-hydrogen) atoms. The molecule has 0 bridgehead atoms. The van der Waals surface area contributed by atoms with Crippen molar-refractivity contribution in [2.75, 3.05) is 20.3 Å². The Labute approximate surface area is 108 Å². The molecule has 1 unspecified atom stereocenters. The molecule has 5 heteroatoms. The number of hydrogen-bond acceptors (Lipinski definition) is 4. The van der Waals surface area contributed by atoms with Gasteiger partial charge in [0.15, 0.2) is 0 Å². The van der Waals surface area contributed by atoms with Crippen LogP contribution in [0.15, 0.2) is 12.1 Å². The maximum atomic E-state index is 12.1. The second-order valence-corrected chi connectivity index (χ2v) is 4.29. The molecular weight excluding hydrogens is 230 g/mol. The molecule has 0 aliphatic rings. The van der Waals surface area contributed by atoms with E-state index in [4.69, 9.17) is 10.5 Å². The summed E-state index contributed by atoms with van der Waals surface area (Å²) >= 11 is 0. The minimum absolute atomic E-state index is 0.0618. The second kappa shape index (κ2) is 7.08. The number of aromatic nitrogens is 1. The summed E-state index contributed by atoms with van der Waals surface area (Å²) in [5.41, 5.74) is 7.74. The molecule has 5 nitrogen and oxygen atoms in total. The van der Waals surface area contributed by atoms with Crippen molar-refractivity contribution in [2.45, 2.75) is 26.3 Å². The van der Waals surface area contributed by atoms with Gasteiger partial charge in [-0.1, -0.05) is 0 Å². The highest BCUT2D eigenvalue weighted by molar-refractivity contribution is 5.95. The lowest BCUT2D eigenvalue weighted by Crippen LogP contribution is -2.39. The van der Waals surface area contributed by atoms with E-state index in [9.17, 15) is 4.79 Å². The third-order valence-corrected chi connectivity index (χ3v) is 2.69. The average molecular weight is 251 g/mol. The van der Waals surface area contributed by atoms with Gasteiger partial charge in [-0.3, -0.25) is 9.78 Å². The molecule has 1 aromatic rings. The van der Waals surface area contributed by atoms with Gasteiger partial charge in [-0.2, -0.15) is 0 Å². The fourth-order valence-corrected chi connectivity index (χ4v) is 1.79. The van der Waals surface area contributed by atoms with Gasteiger partial charge in [0.2, 0.25) is 0 Å². The lowest BCUT2D eigenvalue weighted by Gasteiger charge is -2.17. The number of amides is 1. The topological polar surface area (TPSA) is 77.2 Å². The Morgan fingerprint density at radius 2 is 2.22 bits per heavy atom. The van der Waals surface area contributed by atoms with Crippen LogP contribution in [0.25, 0.3) is 0 Å². The first kappa shape index (κ1) is 14.6. The normalized spacial score (nSPS) is 12.2. The van der Waals surface area contributed by atoms with Gasteiger partial charge in [-0.15, -0.1) is 0 Å². The summed E-state index contributed by atoms with van der Waals surface area (Å²) in [4.78, 5) is 16.4. The van der Waals surface area contributed by atoms with E-state index in [1.807, 2.05) is 19.9 Å². The summed E-state index contributed by atoms with van der Waals surface area (Å²) in [6.45, 7) is 4.70. The lowest BCUT2D eigenvalue weighted by molar-refractivity contribution is 0.0892. The Kier molecular flexibility index (Phi) is 5.74. The Balaban J connectivity index is 2.73. The summed E-state index contributed by atoms with van der Waals surface area (Å²) in [5.74, 6) is -0.129. The minimum Gasteiger partial charge on any atom is -0.383 e. The van der Waals surface area contributed by atoms with Gasteiger partial charge in [-0.05, 0) is 38.9 Å². The van der Waals surface area contributed by atoms with Crippen LogP contribution in [0.3, 0.4) is 0 Å². The number of nitrogens with two attached hydrogens (primary N) is 1. The first-order valence-corrected chi connectivity index (χ1v) is 6.02. The Bertz CT molecular complexity index is 401. The molecule has 0 aliphatic carbocycles. The summed E-state index contributed by atoms with van der Waals surface area (Å²) < 4.78 is 5.06. The van der Waals surface area contributed by atoms with Gasteiger partial charge >= 0.3 is 0 Å². The maximum Gasteiger partial charge on any atom is 0.253 e. The second-order valence-electron chi connectivity index (χ2n) is 4.29. The van der Waals surface area contributed by atoms with E-state index < -0.39 is 0 Å². The van der Waals surface area contributed by atoms with Crippen LogP contribution in [0.4, 0.5) is 0 Å². The first-order valence-electron chi connectivity index (χ1n) is 6.02. The van der Waals surface area contributed by atoms with Crippen molar-refractivity contribution in [3.8, 4) is 0 Å². The van der Waals surface area contributed by atoms with Gasteiger partial charge < -0.3 is 15.8 Å². The van der Waals surface area contributed by atoms with Crippen molar-refractivity contribution in [3.05, 3.63) is 29.1 Å². The summed E-state index contributed by atoms with van der Waals surface area (Å²) in [6.07, 6.45) is 0.692. The summed E-state index contributed by atoms with van der Waals surface area (Å²) in [6, 6.07) is 3.56. The van der Waals surface area contributed by atoms with E-state index in [1.54, 1.807) is 13.2 Å². The standard InChI is InChI=1S/C13H21N3O2/c1-9-4-5-12(10(2)15-9)13(17)16-11(6-7-14)8-18-3/h4-5,11H,6-8,14H2,1-3H3,(H,16,17). The SMILES string of the molecule is COCC(CCN)NC(=O)c1ccc(C)nc1C. The van der Waals surface area contributed by atoms with E-state index in [0.717, 1.165) is 11.4 Å². The number of hydrogen-bond donors (Lipinski definition) is 2. The molecule has 1 amide bonds. The zero-order valence-electron chi connectivity index (χ0n) is 11.2. The average Bonchev–Trinajstić information content (AvgIpc) is 2.29. The van der Waals surface area contributed by atoms with Crippen molar-refractivity contribution in [1.29, 1.82) is 0 Å². The van der Waals surface area contributed by atoms with Crippen molar-refractivity contribution in [3.63, 3.8) is 0 Å². The number of nitrogens with one attached hydrogen (secondary N) is 1. The van der Waals surface area contributed by atoms with Crippen LogP contribution in [0.2, 0.25) is 0 Å². The van der Waals surface area contributed by atoms with Crippen molar-refractivity contribution in [1.82, 2.24) is 10.3 Å². The van der Waals surface area contributed by atoms with Gasteiger partial charge in [0.25, 0.3) is 5.91 Å². The highest BCUT2D eigenvalue weighted by Gasteiger charge is 2.15. The maximum absolute atomic E-state index is 12.1. The highest BCUT2D eigenvalue weighted by atomic mass is 16.5. The highest BCUT2D eigenvalue weighted by Crippen LogP contribution is 2.07. The number of pyridine rings is 1. The van der Waals surface area contributed by atoms with Crippen LogP contribution < -0.4 is 11.1 Å². The van der Waals surface area contributed by atoms with Gasteiger partial charge in [-0.25, -0.2) is 0 Å². The molecule has 0 saturated carbocycles. The molecule has 1 aromatic heterocycles. The van der Waals surface area contributed by atoms with Crippen LogP contribution in [0.1, 0.15) is 28.2 Å². The number of methoxy groups -OCH3 is 1. The zero-order valence-corrected chi connectivity index (χ0v) is 11.2. The fraction of sp³-hybridized carbons (Fsp3) is 0.538. The summed E-state index contributed by atoms with van der Waals surface area (Å²) in [5, 5.41) is 2.91. The van der Waals surface area contributed by atoms with Crippen LogP contribution in [0, 0.1) is 13.8 Å². The minimum atomic E-state index is -0.129. The smallest absolute Gasteiger partial charge is 0.253 e. The van der Waals surface area contributed by atoms with Crippen molar-refractivity contribution in [2.24, 2.45) is 5.73 Å². The molecule has 0 radical (unpaired) electrons. The molecule has 100 valence electrons. The van der Waals surface area contributed by atoms with E-state index in [1.165, 1.54) is 0 Å². The number of carbonyl (C=O) groups is 1. The Morgan fingerprint density at radius 1 is 1.50 bits per heavy atom. The number of ether oxygens (including phenoxy) is 1. The fourth-order valence-electron chi connectivity index (χ4n) is 1.79. The van der Waals surface area contributed by atoms with Crippen LogP contribution >= 0.6 is 0 Å². The molecule has 3 N–H and O–H groups in total. The molecule has 0 spiro atoms. The van der Waals surface area contributed by atoms with E-state index in [-0.39, 0.29) is 11.9 Å². The third kappa shape index (κ3) is 4.09. The zero-order chi connectivity index (χ0) is 13.5. The number of aryl methyl sites for hydroxylation is 2. The van der Waals surface area contributed by atoms with Crippen LogP contribution in [-0.2, 0) is 4.74 Å². The number of nitrogens with zero attached hydrogens (tertiary/aromatic N) is 1. The summed E-state index contributed by atoms with van der Waals surface area (Å²) in [7, 11) is 1.61. The molecule has 1 rings (SSSR count). The predicted octanol–water partition coefficient (Wildman–Crippen LogP) is 0.792. The van der Waals surface area contributed by atoms with Crippen LogP contribution in [0.5, 0.6) is 0 Å². The number of carbonyl (C=O) groups excluding carboxylic acids is 1. The molecular formula is C13H21N3O2. The van der Waals surface area contributed by atoms with E-state index in [0.29, 0.717) is 25.1 Å². The Morgan fingerprint density at radius 3 is 2.78 bits per heavy atom. The number of rotatable bonds is 6. The van der Waals surface area contributed by atoms with Crippen molar-refractivity contribution < 1.29 is 9.53 Å². The van der Waals surface area contributed by atoms with E-state index in [2.05, 4.69) is 10.3 Å². The largest absolute Gasteiger partial charge is 0.383 e. The predicted molar refractivity (Wildman–Crippen MR) is 70.5 cm³/mol.